The van der Waals surface area contributed by atoms with E-state index in [2.05, 4.69) is 15.8 Å². The predicted molar refractivity (Wildman–Crippen MR) is 116 cm³/mol. The van der Waals surface area contributed by atoms with Crippen molar-refractivity contribution in [3.63, 3.8) is 0 Å². The number of amides is 1. The van der Waals surface area contributed by atoms with Crippen molar-refractivity contribution in [1.82, 2.24) is 15.0 Å². The number of benzene rings is 2. The summed E-state index contributed by atoms with van der Waals surface area (Å²) in [5.74, 6) is -3.05. The van der Waals surface area contributed by atoms with Gasteiger partial charge in [-0.05, 0) is 65.6 Å². The van der Waals surface area contributed by atoms with Crippen molar-refractivity contribution in [3.05, 3.63) is 51.4 Å². The minimum absolute atomic E-state index is 0.0309. The summed E-state index contributed by atoms with van der Waals surface area (Å²) in [4.78, 5) is 33.0. The Labute approximate surface area is 188 Å². The number of carboxylic acid groups (broad SMARTS) is 1. The summed E-state index contributed by atoms with van der Waals surface area (Å²) in [6, 6.07) is 5.62. The van der Waals surface area contributed by atoms with Crippen molar-refractivity contribution in [2.45, 2.75) is 19.4 Å². The SMILES string of the molecule is O=C(O)Cn1cnc2c(F)c(Nc3ccc(I)cc3F)c(C(=O)NOCC3CC3)cc21. The molecule has 31 heavy (non-hydrogen) atoms. The van der Waals surface area contributed by atoms with Gasteiger partial charge in [-0.25, -0.2) is 19.2 Å². The van der Waals surface area contributed by atoms with Crippen LogP contribution in [0.1, 0.15) is 23.2 Å². The largest absolute Gasteiger partial charge is 0.480 e. The van der Waals surface area contributed by atoms with E-state index < -0.39 is 30.1 Å². The first-order chi connectivity index (χ1) is 14.8. The summed E-state index contributed by atoms with van der Waals surface area (Å²) in [6.45, 7) is -0.129. The first-order valence-corrected chi connectivity index (χ1v) is 10.4. The van der Waals surface area contributed by atoms with Gasteiger partial charge >= 0.3 is 5.97 Å². The highest BCUT2D eigenvalue weighted by Crippen LogP contribution is 2.32. The molecular formula is C20H17F2IN4O4. The van der Waals surface area contributed by atoms with Crippen LogP contribution in [0.2, 0.25) is 0 Å². The molecule has 1 fully saturated rings. The predicted octanol–water partition coefficient (Wildman–Crippen LogP) is 3.82. The van der Waals surface area contributed by atoms with Crippen LogP contribution >= 0.6 is 22.6 Å². The molecule has 0 spiro atoms. The number of halogens is 3. The third-order valence-corrected chi connectivity index (χ3v) is 5.45. The van der Waals surface area contributed by atoms with E-state index >= 15 is 4.39 Å². The maximum Gasteiger partial charge on any atom is 0.323 e. The number of anilines is 2. The molecule has 0 atom stereocenters. The molecule has 0 unspecified atom stereocenters. The van der Waals surface area contributed by atoms with Crippen LogP contribution in [0.3, 0.4) is 0 Å². The van der Waals surface area contributed by atoms with Gasteiger partial charge in [-0.3, -0.25) is 14.4 Å². The number of carbonyl (C=O) groups excluding carboxylic acids is 1. The Hall–Kier alpha value is -2.80. The second-order valence-corrected chi connectivity index (χ2v) is 8.43. The number of carboxylic acids is 1. The van der Waals surface area contributed by atoms with Gasteiger partial charge in [-0.15, -0.1) is 0 Å². The van der Waals surface area contributed by atoms with Gasteiger partial charge in [0.25, 0.3) is 5.91 Å². The lowest BCUT2D eigenvalue weighted by Gasteiger charge is -2.15. The van der Waals surface area contributed by atoms with E-state index in [-0.39, 0.29) is 28.0 Å². The van der Waals surface area contributed by atoms with E-state index in [1.807, 2.05) is 22.6 Å². The third-order valence-electron chi connectivity index (χ3n) is 4.78. The third kappa shape index (κ3) is 4.77. The van der Waals surface area contributed by atoms with E-state index in [1.165, 1.54) is 29.1 Å². The van der Waals surface area contributed by atoms with Gasteiger partial charge in [-0.1, -0.05) is 0 Å². The van der Waals surface area contributed by atoms with Crippen molar-refractivity contribution >= 4 is 56.9 Å². The monoisotopic (exact) mass is 542 g/mol. The zero-order valence-electron chi connectivity index (χ0n) is 16.0. The van der Waals surface area contributed by atoms with Crippen LogP contribution in [-0.2, 0) is 16.2 Å². The molecule has 1 saturated carbocycles. The molecule has 8 nitrogen and oxygen atoms in total. The fraction of sp³-hybridized carbons (Fsp3) is 0.250. The molecule has 3 aromatic rings. The molecule has 1 aliphatic carbocycles. The number of nitrogens with one attached hydrogen (secondary N) is 2. The average Bonchev–Trinajstić information content (AvgIpc) is 3.45. The lowest BCUT2D eigenvalue weighted by Crippen LogP contribution is -2.26. The number of fused-ring (bicyclic) bond motifs is 1. The Bertz CT molecular complexity index is 1180. The van der Waals surface area contributed by atoms with Gasteiger partial charge in [0.15, 0.2) is 5.82 Å². The van der Waals surface area contributed by atoms with Gasteiger partial charge < -0.3 is 15.0 Å². The molecule has 3 N–H and O–H groups in total. The Morgan fingerprint density at radius 1 is 1.29 bits per heavy atom. The maximum atomic E-state index is 15.4. The molecular weight excluding hydrogens is 525 g/mol. The Kier molecular flexibility index (Phi) is 6.05. The van der Waals surface area contributed by atoms with Gasteiger partial charge in [0, 0.05) is 3.57 Å². The molecule has 1 amide bonds. The fourth-order valence-corrected chi connectivity index (χ4v) is 3.47. The zero-order valence-corrected chi connectivity index (χ0v) is 18.2. The Morgan fingerprint density at radius 2 is 2.06 bits per heavy atom. The highest BCUT2D eigenvalue weighted by Gasteiger charge is 2.25. The van der Waals surface area contributed by atoms with E-state index in [1.54, 1.807) is 6.07 Å². The number of rotatable bonds is 8. The molecule has 0 bridgehead atoms. The molecule has 162 valence electrons. The van der Waals surface area contributed by atoms with Crippen molar-refractivity contribution in [2.24, 2.45) is 5.92 Å². The second-order valence-electron chi connectivity index (χ2n) is 7.18. The van der Waals surface area contributed by atoms with E-state index in [0.29, 0.717) is 16.1 Å². The average molecular weight is 542 g/mol. The molecule has 4 rings (SSSR count). The summed E-state index contributed by atoms with van der Waals surface area (Å²) in [7, 11) is 0. The standard InChI is InChI=1S/C20H17F2IN4O4/c21-13-5-11(23)3-4-14(13)25-18-12(20(30)26-31-8-10-1-2-10)6-15-19(17(18)22)24-9-27(15)7-16(28)29/h3-6,9-10,25H,1-2,7-8H2,(H,26,30)(H,28,29). The second kappa shape index (κ2) is 8.75. The van der Waals surface area contributed by atoms with Crippen LogP contribution in [0, 0.1) is 21.1 Å². The topological polar surface area (TPSA) is 105 Å². The number of hydrogen-bond acceptors (Lipinski definition) is 5. The van der Waals surface area contributed by atoms with Crippen LogP contribution < -0.4 is 10.8 Å². The Balaban J connectivity index is 1.76. The number of imidazole rings is 1. The van der Waals surface area contributed by atoms with Gasteiger partial charge in [-0.2, -0.15) is 0 Å². The van der Waals surface area contributed by atoms with Crippen LogP contribution in [-0.4, -0.2) is 33.1 Å². The molecule has 11 heteroatoms. The zero-order chi connectivity index (χ0) is 22.1. The number of aliphatic carboxylic acids is 1. The Morgan fingerprint density at radius 3 is 2.74 bits per heavy atom. The lowest BCUT2D eigenvalue weighted by atomic mass is 10.1. The highest BCUT2D eigenvalue weighted by molar-refractivity contribution is 14.1. The summed E-state index contributed by atoms with van der Waals surface area (Å²) in [5.41, 5.74) is 1.74. The van der Waals surface area contributed by atoms with Crippen molar-refractivity contribution < 1.29 is 28.3 Å². The van der Waals surface area contributed by atoms with Crippen LogP contribution in [0.5, 0.6) is 0 Å². The fourth-order valence-electron chi connectivity index (χ4n) is 3.02. The van der Waals surface area contributed by atoms with Crippen molar-refractivity contribution in [3.8, 4) is 0 Å². The number of hydroxylamine groups is 1. The number of carbonyl (C=O) groups is 2. The summed E-state index contributed by atoms with van der Waals surface area (Å²) in [5, 5.41) is 11.7. The minimum atomic E-state index is -1.15. The maximum absolute atomic E-state index is 15.4. The van der Waals surface area contributed by atoms with E-state index in [9.17, 15) is 14.0 Å². The van der Waals surface area contributed by atoms with Crippen molar-refractivity contribution in [1.29, 1.82) is 0 Å². The summed E-state index contributed by atoms with van der Waals surface area (Å²) < 4.78 is 31.6. The van der Waals surface area contributed by atoms with Crippen molar-refractivity contribution in [2.75, 3.05) is 11.9 Å². The normalized spacial score (nSPS) is 13.4. The molecule has 0 radical (unpaired) electrons. The van der Waals surface area contributed by atoms with Gasteiger partial charge in [0.05, 0.1) is 35.4 Å². The number of hydrogen-bond donors (Lipinski definition) is 3. The molecule has 0 aliphatic heterocycles. The number of aromatic nitrogens is 2. The van der Waals surface area contributed by atoms with E-state index in [4.69, 9.17) is 9.94 Å². The summed E-state index contributed by atoms with van der Waals surface area (Å²) >= 11 is 1.94. The van der Waals surface area contributed by atoms with Gasteiger partial charge in [0.1, 0.15) is 17.9 Å². The quantitative estimate of drug-likeness (QED) is 0.296. The molecule has 0 saturated heterocycles. The number of nitrogens with zero attached hydrogens (tertiary/aromatic N) is 2. The first kappa shape index (κ1) is 21.4. The van der Waals surface area contributed by atoms with Crippen LogP contribution in [0.25, 0.3) is 11.0 Å². The first-order valence-electron chi connectivity index (χ1n) is 9.37. The smallest absolute Gasteiger partial charge is 0.323 e. The van der Waals surface area contributed by atoms with Gasteiger partial charge in [0.2, 0.25) is 0 Å². The van der Waals surface area contributed by atoms with Crippen LogP contribution in [0.4, 0.5) is 20.2 Å². The van der Waals surface area contributed by atoms with Crippen LogP contribution in [0.15, 0.2) is 30.6 Å². The minimum Gasteiger partial charge on any atom is -0.480 e. The molecule has 1 aromatic heterocycles. The lowest BCUT2D eigenvalue weighted by molar-refractivity contribution is -0.137. The molecule has 2 aromatic carbocycles. The highest BCUT2D eigenvalue weighted by atomic mass is 127. The summed E-state index contributed by atoms with van der Waals surface area (Å²) in [6.07, 6.45) is 3.20. The molecule has 1 heterocycles. The van der Waals surface area contributed by atoms with E-state index in [0.717, 1.165) is 12.8 Å². The molecule has 1 aliphatic rings.